The maximum absolute atomic E-state index is 13.1. The summed E-state index contributed by atoms with van der Waals surface area (Å²) in [5.41, 5.74) is 6.45. The van der Waals surface area contributed by atoms with Crippen LogP contribution in [0.1, 0.15) is 10.4 Å². The van der Waals surface area contributed by atoms with E-state index in [9.17, 15) is 9.18 Å². The minimum Gasteiger partial charge on any atom is -0.497 e. The van der Waals surface area contributed by atoms with Crippen LogP contribution in [0, 0.1) is 5.82 Å². The maximum atomic E-state index is 13.1. The predicted molar refractivity (Wildman–Crippen MR) is 83.7 cm³/mol. The van der Waals surface area contributed by atoms with E-state index >= 15 is 0 Å². The molecule has 0 saturated heterocycles. The van der Waals surface area contributed by atoms with Crippen LogP contribution < -0.4 is 15.6 Å². The number of carbonyl (C=O) groups excluding carboxylic acids is 1. The van der Waals surface area contributed by atoms with Crippen molar-refractivity contribution in [2.75, 3.05) is 12.5 Å². The fourth-order valence-electron chi connectivity index (χ4n) is 1.88. The molecule has 22 heavy (non-hydrogen) atoms. The van der Waals surface area contributed by atoms with Gasteiger partial charge in [-0.3, -0.25) is 15.6 Å². The number of hydrogen-bond acceptors (Lipinski definition) is 5. The van der Waals surface area contributed by atoms with Crippen molar-refractivity contribution < 1.29 is 13.9 Å². The fourth-order valence-corrected chi connectivity index (χ4v) is 2.72. The van der Waals surface area contributed by atoms with E-state index in [1.807, 2.05) is 0 Å². The Kier molecular flexibility index (Phi) is 3.88. The van der Waals surface area contributed by atoms with Gasteiger partial charge < -0.3 is 4.74 Å². The van der Waals surface area contributed by atoms with E-state index in [0.29, 0.717) is 26.7 Å². The van der Waals surface area contributed by atoms with Crippen LogP contribution in [0.2, 0.25) is 0 Å². The molecule has 0 saturated carbocycles. The number of rotatable bonds is 4. The van der Waals surface area contributed by atoms with Crippen molar-refractivity contribution >= 4 is 32.6 Å². The smallest absolute Gasteiger partial charge is 0.269 e. The van der Waals surface area contributed by atoms with Crippen molar-refractivity contribution in [1.29, 1.82) is 0 Å². The second-order valence-electron chi connectivity index (χ2n) is 4.44. The highest BCUT2D eigenvalue weighted by Crippen LogP contribution is 2.25. The summed E-state index contributed by atoms with van der Waals surface area (Å²) in [5, 5.41) is 0.488. The van der Waals surface area contributed by atoms with Gasteiger partial charge in [0.2, 0.25) is 5.13 Å². The third-order valence-corrected chi connectivity index (χ3v) is 3.92. The van der Waals surface area contributed by atoms with E-state index in [1.54, 1.807) is 37.4 Å². The Morgan fingerprint density at radius 1 is 1.23 bits per heavy atom. The highest BCUT2D eigenvalue weighted by Gasteiger charge is 2.08. The molecule has 1 heterocycles. The van der Waals surface area contributed by atoms with Crippen LogP contribution in [0.15, 0.2) is 42.5 Å². The molecule has 0 radical (unpaired) electrons. The first-order chi connectivity index (χ1) is 10.7. The Morgan fingerprint density at radius 2 is 2.00 bits per heavy atom. The molecule has 0 aliphatic rings. The number of carbonyl (C=O) groups is 1. The number of halogens is 1. The zero-order chi connectivity index (χ0) is 15.5. The number of anilines is 1. The average Bonchev–Trinajstić information content (AvgIpc) is 2.94. The van der Waals surface area contributed by atoms with Crippen molar-refractivity contribution in [3.05, 3.63) is 53.8 Å². The largest absolute Gasteiger partial charge is 0.497 e. The third kappa shape index (κ3) is 2.99. The van der Waals surface area contributed by atoms with Gasteiger partial charge in [0.15, 0.2) is 0 Å². The van der Waals surface area contributed by atoms with Crippen LogP contribution in [0.5, 0.6) is 5.75 Å². The standard InChI is InChI=1S/C15H12FN3O2S/c1-21-11-5-2-9(3-6-11)14(20)18-19-15-17-12-7-4-10(16)8-13(12)22-15/h2-8H,1H3,(H,17,19)(H,18,20). The van der Waals surface area contributed by atoms with E-state index in [2.05, 4.69) is 15.8 Å². The van der Waals surface area contributed by atoms with E-state index in [4.69, 9.17) is 4.74 Å². The lowest BCUT2D eigenvalue weighted by Gasteiger charge is -2.06. The predicted octanol–water partition coefficient (Wildman–Crippen LogP) is 3.20. The van der Waals surface area contributed by atoms with Crippen molar-refractivity contribution in [3.63, 3.8) is 0 Å². The van der Waals surface area contributed by atoms with Gasteiger partial charge in [0.25, 0.3) is 5.91 Å². The van der Waals surface area contributed by atoms with Crippen molar-refractivity contribution in [2.45, 2.75) is 0 Å². The SMILES string of the molecule is COc1ccc(C(=O)NNc2nc3ccc(F)cc3s2)cc1. The molecule has 7 heteroatoms. The molecule has 0 spiro atoms. The molecule has 0 atom stereocenters. The summed E-state index contributed by atoms with van der Waals surface area (Å²) in [4.78, 5) is 16.2. The van der Waals surface area contributed by atoms with Gasteiger partial charge in [0.05, 0.1) is 17.3 Å². The Balaban J connectivity index is 1.68. The molecule has 0 unspecified atom stereocenters. The Labute approximate surface area is 129 Å². The van der Waals surface area contributed by atoms with Crippen molar-refractivity contribution in [1.82, 2.24) is 10.4 Å². The van der Waals surface area contributed by atoms with E-state index in [0.717, 1.165) is 0 Å². The van der Waals surface area contributed by atoms with Crippen molar-refractivity contribution in [3.8, 4) is 5.75 Å². The monoisotopic (exact) mass is 317 g/mol. The van der Waals surface area contributed by atoms with E-state index < -0.39 is 0 Å². The fraction of sp³-hybridized carbons (Fsp3) is 0.0667. The number of thiazole rings is 1. The number of nitrogens with zero attached hydrogens (tertiary/aromatic N) is 1. The molecule has 1 amide bonds. The van der Waals surface area contributed by atoms with Gasteiger partial charge in [-0.15, -0.1) is 0 Å². The molecule has 0 aliphatic carbocycles. The maximum Gasteiger partial charge on any atom is 0.269 e. The number of hydrazine groups is 1. The summed E-state index contributed by atoms with van der Waals surface area (Å²) >= 11 is 1.26. The molecular weight excluding hydrogens is 305 g/mol. The quantitative estimate of drug-likeness (QED) is 0.725. The first-order valence-corrected chi connectivity index (χ1v) is 7.24. The van der Waals surface area contributed by atoms with Gasteiger partial charge in [-0.2, -0.15) is 0 Å². The van der Waals surface area contributed by atoms with Crippen LogP contribution in [0.25, 0.3) is 10.2 Å². The van der Waals surface area contributed by atoms with Crippen LogP contribution >= 0.6 is 11.3 Å². The molecule has 1 aromatic heterocycles. The normalized spacial score (nSPS) is 10.5. The van der Waals surface area contributed by atoms with Gasteiger partial charge >= 0.3 is 0 Å². The number of ether oxygens (including phenoxy) is 1. The molecule has 3 rings (SSSR count). The summed E-state index contributed by atoms with van der Waals surface area (Å²) in [5.74, 6) is 0.0655. The molecule has 112 valence electrons. The highest BCUT2D eigenvalue weighted by atomic mass is 32.1. The Bertz CT molecular complexity index is 817. The summed E-state index contributed by atoms with van der Waals surface area (Å²) in [6, 6.07) is 11.1. The second kappa shape index (κ2) is 5.98. The summed E-state index contributed by atoms with van der Waals surface area (Å²) in [7, 11) is 1.56. The van der Waals surface area contributed by atoms with Crippen LogP contribution in [-0.4, -0.2) is 18.0 Å². The molecular formula is C15H12FN3O2S. The van der Waals surface area contributed by atoms with Crippen LogP contribution in [0.4, 0.5) is 9.52 Å². The molecule has 2 N–H and O–H groups in total. The minimum absolute atomic E-state index is 0.298. The first-order valence-electron chi connectivity index (χ1n) is 6.42. The van der Waals surface area contributed by atoms with Crippen molar-refractivity contribution in [2.24, 2.45) is 0 Å². The number of benzene rings is 2. The van der Waals surface area contributed by atoms with Gasteiger partial charge in [0, 0.05) is 5.56 Å². The third-order valence-electron chi connectivity index (χ3n) is 2.99. The van der Waals surface area contributed by atoms with E-state index in [-0.39, 0.29) is 11.7 Å². The van der Waals surface area contributed by atoms with Crippen LogP contribution in [0.3, 0.4) is 0 Å². The molecule has 2 aromatic carbocycles. The molecule has 0 aliphatic heterocycles. The molecule has 0 fully saturated rings. The lowest BCUT2D eigenvalue weighted by Crippen LogP contribution is -2.29. The number of amides is 1. The zero-order valence-electron chi connectivity index (χ0n) is 11.6. The topological polar surface area (TPSA) is 63.2 Å². The van der Waals surface area contributed by atoms with Crippen LogP contribution in [-0.2, 0) is 0 Å². The number of aromatic nitrogens is 1. The molecule has 5 nitrogen and oxygen atoms in total. The van der Waals surface area contributed by atoms with Gasteiger partial charge in [-0.1, -0.05) is 11.3 Å². The second-order valence-corrected chi connectivity index (χ2v) is 5.47. The Morgan fingerprint density at radius 3 is 2.73 bits per heavy atom. The number of hydrogen-bond donors (Lipinski definition) is 2. The summed E-state index contributed by atoms with van der Waals surface area (Å²) < 4.78 is 18.9. The lowest BCUT2D eigenvalue weighted by molar-refractivity contribution is 0.0962. The average molecular weight is 317 g/mol. The van der Waals surface area contributed by atoms with Gasteiger partial charge in [-0.25, -0.2) is 9.37 Å². The number of methoxy groups -OCH3 is 1. The zero-order valence-corrected chi connectivity index (χ0v) is 12.4. The summed E-state index contributed by atoms with van der Waals surface area (Å²) in [6.07, 6.45) is 0. The minimum atomic E-state index is -0.315. The lowest BCUT2D eigenvalue weighted by atomic mass is 10.2. The highest BCUT2D eigenvalue weighted by molar-refractivity contribution is 7.22. The number of fused-ring (bicyclic) bond motifs is 1. The Hall–Kier alpha value is -2.67. The molecule has 0 bridgehead atoms. The molecule has 3 aromatic rings. The van der Waals surface area contributed by atoms with Gasteiger partial charge in [-0.05, 0) is 42.5 Å². The summed E-state index contributed by atoms with van der Waals surface area (Å²) in [6.45, 7) is 0. The van der Waals surface area contributed by atoms with Gasteiger partial charge in [0.1, 0.15) is 11.6 Å². The first kappa shape index (κ1) is 14.3. The number of nitrogens with one attached hydrogen (secondary N) is 2. The van der Waals surface area contributed by atoms with E-state index in [1.165, 1.54) is 23.5 Å².